The van der Waals surface area contributed by atoms with E-state index in [1.165, 1.54) is 0 Å². The maximum Gasteiger partial charge on any atom is 0.339 e. The summed E-state index contributed by atoms with van der Waals surface area (Å²) in [7, 11) is 0. The maximum atomic E-state index is 12.7. The molecule has 1 N–H and O–H groups in total. The summed E-state index contributed by atoms with van der Waals surface area (Å²) in [4.78, 5) is 29.5. The number of aromatic nitrogens is 1. The lowest BCUT2D eigenvalue weighted by molar-refractivity contribution is -0.123. The Bertz CT molecular complexity index is 1030. The van der Waals surface area contributed by atoms with Crippen molar-refractivity contribution in [1.29, 1.82) is 0 Å². The minimum absolute atomic E-state index is 0.370. The van der Waals surface area contributed by atoms with Gasteiger partial charge in [-0.25, -0.2) is 4.79 Å². The summed E-state index contributed by atoms with van der Waals surface area (Å²) in [6, 6.07) is 14.8. The molecule has 0 unspecified atom stereocenters. The number of anilines is 1. The third-order valence-electron chi connectivity index (χ3n) is 4.36. The highest BCUT2D eigenvalue weighted by molar-refractivity contribution is 6.05. The largest absolute Gasteiger partial charge is 0.449 e. The molecule has 1 aromatic heterocycles. The molecule has 3 rings (SSSR count). The molecule has 2 aromatic carbocycles. The fraction of sp³-hybridized carbons (Fsp3) is 0.227. The van der Waals surface area contributed by atoms with Crippen molar-refractivity contribution in [3.8, 4) is 0 Å². The van der Waals surface area contributed by atoms with Crippen molar-refractivity contribution in [2.75, 3.05) is 5.32 Å². The number of nitrogens with one attached hydrogen (secondary N) is 1. The van der Waals surface area contributed by atoms with Crippen LogP contribution in [0.3, 0.4) is 0 Å². The van der Waals surface area contributed by atoms with E-state index in [1.54, 1.807) is 13.0 Å². The maximum absolute atomic E-state index is 12.7. The summed E-state index contributed by atoms with van der Waals surface area (Å²) in [5.41, 5.74) is 4.62. The van der Waals surface area contributed by atoms with Gasteiger partial charge in [-0.15, -0.1) is 0 Å². The lowest BCUT2D eigenvalue weighted by Crippen LogP contribution is -2.30. The molecule has 5 heteroatoms. The molecule has 3 aromatic rings. The van der Waals surface area contributed by atoms with E-state index in [4.69, 9.17) is 4.74 Å². The number of pyridine rings is 1. The molecule has 0 fully saturated rings. The first-order valence-electron chi connectivity index (χ1n) is 8.80. The number of esters is 1. The van der Waals surface area contributed by atoms with Gasteiger partial charge in [0.1, 0.15) is 0 Å². The number of fused-ring (bicyclic) bond motifs is 1. The summed E-state index contributed by atoms with van der Waals surface area (Å²) in [6.45, 7) is 7.29. The van der Waals surface area contributed by atoms with Gasteiger partial charge in [-0.1, -0.05) is 35.9 Å². The Balaban J connectivity index is 1.77. The molecule has 138 valence electrons. The Morgan fingerprint density at radius 3 is 2.52 bits per heavy atom. The SMILES string of the molecule is Cc1ccc(NC(=O)[C@@H](C)OC(=O)c2cc(C)nc3ccccc23)c(C)c1. The lowest BCUT2D eigenvalue weighted by Gasteiger charge is -2.16. The monoisotopic (exact) mass is 362 g/mol. The Kier molecular flexibility index (Phi) is 5.21. The zero-order chi connectivity index (χ0) is 19.6. The van der Waals surface area contributed by atoms with Crippen LogP contribution in [0.2, 0.25) is 0 Å². The van der Waals surface area contributed by atoms with E-state index in [-0.39, 0.29) is 5.91 Å². The normalized spacial score (nSPS) is 11.9. The van der Waals surface area contributed by atoms with Crippen LogP contribution in [0.1, 0.15) is 34.1 Å². The molecule has 27 heavy (non-hydrogen) atoms. The third kappa shape index (κ3) is 4.14. The van der Waals surface area contributed by atoms with Gasteiger partial charge in [0.2, 0.25) is 0 Å². The van der Waals surface area contributed by atoms with Gasteiger partial charge in [0.25, 0.3) is 5.91 Å². The van der Waals surface area contributed by atoms with Crippen molar-refractivity contribution < 1.29 is 14.3 Å². The standard InChI is InChI=1S/C22H22N2O3/c1-13-9-10-19(14(2)11-13)24-21(25)16(4)27-22(26)18-12-15(3)23-20-8-6-5-7-17(18)20/h5-12,16H,1-4H3,(H,24,25)/t16-/m1/s1. The van der Waals surface area contributed by atoms with E-state index < -0.39 is 12.1 Å². The van der Waals surface area contributed by atoms with Gasteiger partial charge < -0.3 is 10.1 Å². The number of rotatable bonds is 4. The zero-order valence-corrected chi connectivity index (χ0v) is 15.9. The predicted molar refractivity (Wildman–Crippen MR) is 106 cm³/mol. The van der Waals surface area contributed by atoms with Gasteiger partial charge in [-0.05, 0) is 51.5 Å². The van der Waals surface area contributed by atoms with Crippen LogP contribution >= 0.6 is 0 Å². The van der Waals surface area contributed by atoms with Gasteiger partial charge in [-0.2, -0.15) is 0 Å². The number of carbonyl (C=O) groups is 2. The number of benzene rings is 2. The van der Waals surface area contributed by atoms with Gasteiger partial charge in [0.05, 0.1) is 11.1 Å². The highest BCUT2D eigenvalue weighted by atomic mass is 16.5. The molecule has 5 nitrogen and oxygen atoms in total. The second-order valence-corrected chi connectivity index (χ2v) is 6.68. The van der Waals surface area contributed by atoms with Crippen molar-refractivity contribution in [3.05, 3.63) is 70.9 Å². The minimum atomic E-state index is -0.926. The fourth-order valence-electron chi connectivity index (χ4n) is 2.94. The average Bonchev–Trinajstić information content (AvgIpc) is 2.63. The van der Waals surface area contributed by atoms with Crippen LogP contribution < -0.4 is 5.32 Å². The first-order chi connectivity index (χ1) is 12.8. The Hall–Kier alpha value is -3.21. The summed E-state index contributed by atoms with van der Waals surface area (Å²) in [5, 5.41) is 3.52. The molecule has 0 aliphatic heterocycles. The molecular weight excluding hydrogens is 340 g/mol. The number of hydrogen-bond acceptors (Lipinski definition) is 4. The second-order valence-electron chi connectivity index (χ2n) is 6.68. The van der Waals surface area contributed by atoms with Crippen LogP contribution in [0.5, 0.6) is 0 Å². The van der Waals surface area contributed by atoms with Crippen molar-refractivity contribution in [1.82, 2.24) is 4.98 Å². The number of hydrogen-bond donors (Lipinski definition) is 1. The Morgan fingerprint density at radius 2 is 1.78 bits per heavy atom. The first kappa shape index (κ1) is 18.6. The summed E-state index contributed by atoms with van der Waals surface area (Å²) >= 11 is 0. The van der Waals surface area contributed by atoms with Gasteiger partial charge in [0.15, 0.2) is 6.10 Å². The van der Waals surface area contributed by atoms with Crippen LogP contribution in [0.15, 0.2) is 48.5 Å². The Labute approximate surface area is 158 Å². The molecule has 0 saturated heterocycles. The molecule has 0 saturated carbocycles. The van der Waals surface area contributed by atoms with Crippen LogP contribution in [0.25, 0.3) is 10.9 Å². The topological polar surface area (TPSA) is 68.3 Å². The van der Waals surface area contributed by atoms with E-state index >= 15 is 0 Å². The summed E-state index contributed by atoms with van der Waals surface area (Å²) < 4.78 is 5.42. The molecule has 0 aliphatic carbocycles. The first-order valence-corrected chi connectivity index (χ1v) is 8.80. The lowest BCUT2D eigenvalue weighted by atomic mass is 10.1. The molecule has 1 amide bonds. The number of nitrogens with zero attached hydrogens (tertiary/aromatic N) is 1. The predicted octanol–water partition coefficient (Wildman–Crippen LogP) is 4.34. The van der Waals surface area contributed by atoms with E-state index in [2.05, 4.69) is 10.3 Å². The smallest absolute Gasteiger partial charge is 0.339 e. The van der Waals surface area contributed by atoms with Crippen LogP contribution in [0.4, 0.5) is 5.69 Å². The van der Waals surface area contributed by atoms with Crippen LogP contribution in [0, 0.1) is 20.8 Å². The quantitative estimate of drug-likeness (QED) is 0.701. The molecule has 0 radical (unpaired) electrons. The van der Waals surface area contributed by atoms with Crippen molar-refractivity contribution in [2.45, 2.75) is 33.8 Å². The van der Waals surface area contributed by atoms with E-state index in [0.29, 0.717) is 22.3 Å². The zero-order valence-electron chi connectivity index (χ0n) is 15.9. The van der Waals surface area contributed by atoms with E-state index in [0.717, 1.165) is 16.6 Å². The summed E-state index contributed by atoms with van der Waals surface area (Å²) in [5.74, 6) is -0.912. The van der Waals surface area contributed by atoms with Crippen LogP contribution in [-0.4, -0.2) is 23.0 Å². The third-order valence-corrected chi connectivity index (χ3v) is 4.36. The van der Waals surface area contributed by atoms with Crippen LogP contribution in [-0.2, 0) is 9.53 Å². The molecule has 0 spiro atoms. The Morgan fingerprint density at radius 1 is 1.04 bits per heavy atom. The second kappa shape index (κ2) is 7.58. The molecule has 1 heterocycles. The number of para-hydroxylation sites is 1. The fourth-order valence-corrected chi connectivity index (χ4v) is 2.94. The highest BCUT2D eigenvalue weighted by Crippen LogP contribution is 2.20. The van der Waals surface area contributed by atoms with Crippen molar-refractivity contribution >= 4 is 28.5 Å². The highest BCUT2D eigenvalue weighted by Gasteiger charge is 2.21. The summed E-state index contributed by atoms with van der Waals surface area (Å²) in [6.07, 6.45) is -0.926. The van der Waals surface area contributed by atoms with Crippen molar-refractivity contribution in [2.24, 2.45) is 0 Å². The van der Waals surface area contributed by atoms with Gasteiger partial charge in [0, 0.05) is 16.8 Å². The number of amides is 1. The van der Waals surface area contributed by atoms with Gasteiger partial charge in [-0.3, -0.25) is 9.78 Å². The minimum Gasteiger partial charge on any atom is -0.449 e. The van der Waals surface area contributed by atoms with E-state index in [1.807, 2.05) is 63.2 Å². The molecule has 1 atom stereocenters. The van der Waals surface area contributed by atoms with Crippen molar-refractivity contribution in [3.63, 3.8) is 0 Å². The molecule has 0 bridgehead atoms. The van der Waals surface area contributed by atoms with E-state index in [9.17, 15) is 9.59 Å². The molecular formula is C22H22N2O3. The number of aryl methyl sites for hydroxylation is 3. The number of ether oxygens (including phenoxy) is 1. The van der Waals surface area contributed by atoms with Gasteiger partial charge >= 0.3 is 5.97 Å². The average molecular weight is 362 g/mol. The number of carbonyl (C=O) groups excluding carboxylic acids is 2. The molecule has 0 aliphatic rings.